The molecule has 0 bridgehead atoms. The van der Waals surface area contributed by atoms with Gasteiger partial charge in [-0.25, -0.2) is 0 Å². The molecule has 0 aromatic heterocycles. The summed E-state index contributed by atoms with van der Waals surface area (Å²) in [6, 6.07) is 15.4. The van der Waals surface area contributed by atoms with Gasteiger partial charge in [0.25, 0.3) is 11.1 Å². The summed E-state index contributed by atoms with van der Waals surface area (Å²) in [6.07, 6.45) is 3.35. The van der Waals surface area contributed by atoms with E-state index in [2.05, 4.69) is 6.92 Å². The number of imide groups is 1. The van der Waals surface area contributed by atoms with Crippen LogP contribution in [0.3, 0.4) is 0 Å². The van der Waals surface area contributed by atoms with E-state index in [1.54, 1.807) is 6.08 Å². The van der Waals surface area contributed by atoms with Crippen molar-refractivity contribution in [3.8, 4) is 11.5 Å². The second-order valence-corrected chi connectivity index (χ2v) is 8.04. The third-order valence-electron chi connectivity index (χ3n) is 4.81. The Balaban J connectivity index is 1.74. The molecule has 1 aliphatic rings. The lowest BCUT2D eigenvalue weighted by molar-refractivity contribution is -0.122. The number of rotatable bonds is 9. The van der Waals surface area contributed by atoms with Crippen LogP contribution in [0.2, 0.25) is 0 Å². The minimum Gasteiger partial charge on any atom is -0.490 e. The van der Waals surface area contributed by atoms with E-state index in [0.717, 1.165) is 29.3 Å². The monoisotopic (exact) mass is 425 g/mol. The zero-order chi connectivity index (χ0) is 21.5. The minimum atomic E-state index is -0.251. The van der Waals surface area contributed by atoms with Gasteiger partial charge in [0.2, 0.25) is 0 Å². The van der Waals surface area contributed by atoms with Crippen molar-refractivity contribution in [1.82, 2.24) is 4.90 Å². The summed E-state index contributed by atoms with van der Waals surface area (Å²) in [6.45, 7) is 6.87. The van der Waals surface area contributed by atoms with E-state index >= 15 is 0 Å². The molecule has 1 aliphatic heterocycles. The molecule has 1 fully saturated rings. The number of ether oxygens (including phenoxy) is 2. The molecule has 30 heavy (non-hydrogen) atoms. The summed E-state index contributed by atoms with van der Waals surface area (Å²) in [5.41, 5.74) is 1.89. The highest BCUT2D eigenvalue weighted by atomic mass is 32.2. The van der Waals surface area contributed by atoms with Gasteiger partial charge in [-0.05, 0) is 67.8 Å². The van der Waals surface area contributed by atoms with Gasteiger partial charge in [0, 0.05) is 6.54 Å². The van der Waals surface area contributed by atoms with Crippen LogP contribution in [0.1, 0.15) is 38.3 Å². The van der Waals surface area contributed by atoms with Crippen molar-refractivity contribution in [2.45, 2.75) is 39.7 Å². The smallest absolute Gasteiger partial charge is 0.293 e. The molecule has 1 atom stereocenters. The fraction of sp³-hybridized carbons (Fsp3) is 0.333. The average Bonchev–Trinajstić information content (AvgIpc) is 3.01. The van der Waals surface area contributed by atoms with Crippen LogP contribution in [0.4, 0.5) is 4.79 Å². The van der Waals surface area contributed by atoms with E-state index in [1.807, 2.05) is 62.4 Å². The fourth-order valence-electron chi connectivity index (χ4n) is 3.01. The molecule has 0 spiro atoms. The molecule has 0 aliphatic carbocycles. The largest absolute Gasteiger partial charge is 0.490 e. The SMILES string of the molecule is CCOc1cc(/C=C2/SC(=O)N(CCc3ccccc3)C2=O)ccc1O[C@H](C)CC. The van der Waals surface area contributed by atoms with E-state index in [-0.39, 0.29) is 17.3 Å². The van der Waals surface area contributed by atoms with E-state index in [1.165, 1.54) is 4.90 Å². The van der Waals surface area contributed by atoms with Crippen LogP contribution in [-0.4, -0.2) is 35.3 Å². The third kappa shape index (κ3) is 5.45. The van der Waals surface area contributed by atoms with Crippen molar-refractivity contribution in [3.63, 3.8) is 0 Å². The van der Waals surface area contributed by atoms with Gasteiger partial charge < -0.3 is 9.47 Å². The van der Waals surface area contributed by atoms with Crippen LogP contribution >= 0.6 is 11.8 Å². The molecule has 3 rings (SSSR count). The van der Waals surface area contributed by atoms with E-state index < -0.39 is 0 Å². The molecule has 0 unspecified atom stereocenters. The Morgan fingerprint density at radius 3 is 2.53 bits per heavy atom. The second kappa shape index (κ2) is 10.3. The van der Waals surface area contributed by atoms with Gasteiger partial charge in [-0.1, -0.05) is 43.3 Å². The van der Waals surface area contributed by atoms with Crippen LogP contribution in [0.25, 0.3) is 6.08 Å². The lowest BCUT2D eigenvalue weighted by Gasteiger charge is -2.16. The summed E-state index contributed by atoms with van der Waals surface area (Å²) in [5, 5.41) is -0.232. The fourth-order valence-corrected chi connectivity index (χ4v) is 3.87. The van der Waals surface area contributed by atoms with Crippen molar-refractivity contribution in [1.29, 1.82) is 0 Å². The van der Waals surface area contributed by atoms with Gasteiger partial charge in [0.1, 0.15) is 0 Å². The first kappa shape index (κ1) is 22.0. The van der Waals surface area contributed by atoms with Gasteiger partial charge in [-0.15, -0.1) is 0 Å². The van der Waals surface area contributed by atoms with Crippen LogP contribution in [0.15, 0.2) is 53.4 Å². The van der Waals surface area contributed by atoms with Crippen molar-refractivity contribution >= 4 is 29.0 Å². The molecule has 0 saturated carbocycles. The maximum atomic E-state index is 12.8. The number of nitrogens with zero attached hydrogens (tertiary/aromatic N) is 1. The number of hydrogen-bond donors (Lipinski definition) is 0. The van der Waals surface area contributed by atoms with Crippen molar-refractivity contribution in [2.24, 2.45) is 0 Å². The van der Waals surface area contributed by atoms with Crippen LogP contribution in [0.5, 0.6) is 11.5 Å². The second-order valence-electron chi connectivity index (χ2n) is 7.04. The van der Waals surface area contributed by atoms with Gasteiger partial charge in [0.05, 0.1) is 17.6 Å². The number of carbonyl (C=O) groups is 2. The standard InChI is InChI=1S/C24H27NO4S/c1-4-17(3)29-20-12-11-19(15-21(20)28-5-2)16-22-23(26)25(24(27)30-22)14-13-18-9-7-6-8-10-18/h6-12,15-17H,4-5,13-14H2,1-3H3/b22-16+/t17-/m1/s1. The number of amides is 2. The molecule has 5 nitrogen and oxygen atoms in total. The maximum Gasteiger partial charge on any atom is 0.293 e. The van der Waals surface area contributed by atoms with Crippen LogP contribution in [-0.2, 0) is 11.2 Å². The number of carbonyl (C=O) groups excluding carboxylic acids is 2. The topological polar surface area (TPSA) is 55.8 Å². The molecule has 1 heterocycles. The minimum absolute atomic E-state index is 0.0798. The first-order chi connectivity index (χ1) is 14.5. The molecule has 1 saturated heterocycles. The Morgan fingerprint density at radius 1 is 1.07 bits per heavy atom. The molecular formula is C24H27NO4S. The molecule has 2 amide bonds. The highest BCUT2D eigenvalue weighted by Gasteiger charge is 2.34. The molecule has 0 N–H and O–H groups in total. The highest BCUT2D eigenvalue weighted by molar-refractivity contribution is 8.18. The normalized spacial score (nSPS) is 16.2. The van der Waals surface area contributed by atoms with Crippen LogP contribution < -0.4 is 9.47 Å². The zero-order valence-corrected chi connectivity index (χ0v) is 18.4. The zero-order valence-electron chi connectivity index (χ0n) is 17.6. The number of thioether (sulfide) groups is 1. The first-order valence-corrected chi connectivity index (χ1v) is 11.1. The molecule has 6 heteroatoms. The Morgan fingerprint density at radius 2 is 1.83 bits per heavy atom. The van der Waals surface area contributed by atoms with Gasteiger partial charge in [-0.3, -0.25) is 14.5 Å². The molecule has 2 aromatic carbocycles. The molecule has 158 valence electrons. The Hall–Kier alpha value is -2.73. The summed E-state index contributed by atoms with van der Waals surface area (Å²) in [4.78, 5) is 26.9. The van der Waals surface area contributed by atoms with E-state index in [9.17, 15) is 9.59 Å². The summed E-state index contributed by atoms with van der Waals surface area (Å²) < 4.78 is 11.6. The average molecular weight is 426 g/mol. The molecule has 0 radical (unpaired) electrons. The van der Waals surface area contributed by atoms with E-state index in [0.29, 0.717) is 36.0 Å². The van der Waals surface area contributed by atoms with Crippen LogP contribution in [0, 0.1) is 0 Å². The lowest BCUT2D eigenvalue weighted by atomic mass is 10.1. The van der Waals surface area contributed by atoms with Crippen molar-refractivity contribution in [3.05, 3.63) is 64.6 Å². The Bertz CT molecular complexity index is 926. The number of benzene rings is 2. The number of hydrogen-bond acceptors (Lipinski definition) is 5. The first-order valence-electron chi connectivity index (χ1n) is 10.2. The maximum absolute atomic E-state index is 12.8. The summed E-state index contributed by atoms with van der Waals surface area (Å²) in [5.74, 6) is 1.06. The summed E-state index contributed by atoms with van der Waals surface area (Å²) >= 11 is 0.976. The van der Waals surface area contributed by atoms with Crippen molar-refractivity contribution < 1.29 is 19.1 Å². The quantitative estimate of drug-likeness (QED) is 0.494. The molecular weight excluding hydrogens is 398 g/mol. The Labute approximate surface area is 182 Å². The predicted molar refractivity (Wildman–Crippen MR) is 121 cm³/mol. The van der Waals surface area contributed by atoms with Gasteiger partial charge in [0.15, 0.2) is 11.5 Å². The lowest BCUT2D eigenvalue weighted by Crippen LogP contribution is -2.30. The summed E-state index contributed by atoms with van der Waals surface area (Å²) in [7, 11) is 0. The van der Waals surface area contributed by atoms with Gasteiger partial charge >= 0.3 is 0 Å². The van der Waals surface area contributed by atoms with Crippen molar-refractivity contribution in [2.75, 3.05) is 13.2 Å². The molecule has 2 aromatic rings. The predicted octanol–water partition coefficient (Wildman–Crippen LogP) is 5.54. The van der Waals surface area contributed by atoms with Gasteiger partial charge in [-0.2, -0.15) is 0 Å². The Kier molecular flexibility index (Phi) is 7.57. The highest BCUT2D eigenvalue weighted by Crippen LogP contribution is 2.35. The third-order valence-corrected chi connectivity index (χ3v) is 5.72. The van der Waals surface area contributed by atoms with E-state index in [4.69, 9.17) is 9.47 Å².